The predicted octanol–water partition coefficient (Wildman–Crippen LogP) is 3.70. The second kappa shape index (κ2) is 11.4. The number of rotatable bonds is 10. The average Bonchev–Trinajstić information content (AvgIpc) is 3.20. The molecule has 0 radical (unpaired) electrons. The van der Waals surface area contributed by atoms with Crippen LogP contribution in [0.5, 0.6) is 0 Å². The maximum atomic E-state index is 13.7. The molecule has 0 fully saturated rings. The van der Waals surface area contributed by atoms with Crippen molar-refractivity contribution in [1.82, 2.24) is 20.1 Å². The molecule has 0 aliphatic heterocycles. The Balaban J connectivity index is 1.51. The normalized spacial score (nSPS) is 10.7. The van der Waals surface area contributed by atoms with Crippen LogP contribution < -0.4 is 10.6 Å². The predicted molar refractivity (Wildman–Crippen MR) is 123 cm³/mol. The van der Waals surface area contributed by atoms with Crippen LogP contribution in [0.1, 0.15) is 35.6 Å². The minimum Gasteiger partial charge on any atom is -0.351 e. The maximum Gasteiger partial charge on any atom is 0.254 e. The first kappa shape index (κ1) is 23.5. The molecule has 32 heavy (non-hydrogen) atoms. The molecule has 3 aromatic rings. The van der Waals surface area contributed by atoms with Gasteiger partial charge in [0.1, 0.15) is 11.6 Å². The summed E-state index contributed by atoms with van der Waals surface area (Å²) in [6, 6.07) is 13.6. The van der Waals surface area contributed by atoms with Gasteiger partial charge in [0.2, 0.25) is 5.91 Å². The molecule has 0 saturated carbocycles. The van der Waals surface area contributed by atoms with Gasteiger partial charge in [-0.3, -0.25) is 9.59 Å². The molecule has 0 aliphatic carbocycles. The fourth-order valence-corrected chi connectivity index (χ4v) is 3.93. The van der Waals surface area contributed by atoms with Gasteiger partial charge in [0.05, 0.1) is 11.3 Å². The van der Waals surface area contributed by atoms with Crippen LogP contribution in [0.4, 0.5) is 10.1 Å². The van der Waals surface area contributed by atoms with Crippen molar-refractivity contribution in [2.75, 3.05) is 17.6 Å². The Morgan fingerprint density at radius 2 is 1.81 bits per heavy atom. The van der Waals surface area contributed by atoms with Gasteiger partial charge in [-0.25, -0.2) is 4.39 Å². The standard InChI is InChI=1S/C23H26FN5O2S/c1-3-16-9-11-17(12-10-16)26-21(30)15-32-23-28-27-20(29(23)4-2)13-14-25-22(31)18-7-5-6-8-19(18)24/h5-12H,3-4,13-15H2,1-2H3,(H,25,31)(H,26,30). The Morgan fingerprint density at radius 1 is 1.06 bits per heavy atom. The molecule has 1 heterocycles. The summed E-state index contributed by atoms with van der Waals surface area (Å²) in [6.45, 7) is 4.97. The number of nitrogens with zero attached hydrogens (tertiary/aromatic N) is 3. The Morgan fingerprint density at radius 3 is 2.50 bits per heavy atom. The van der Waals surface area contributed by atoms with Crippen LogP contribution in [0.25, 0.3) is 0 Å². The van der Waals surface area contributed by atoms with E-state index in [1.165, 1.54) is 35.5 Å². The third-order valence-corrected chi connectivity index (χ3v) is 5.81. The third-order valence-electron chi connectivity index (χ3n) is 4.84. The van der Waals surface area contributed by atoms with Crippen LogP contribution in [0.3, 0.4) is 0 Å². The van der Waals surface area contributed by atoms with Gasteiger partial charge >= 0.3 is 0 Å². The van der Waals surface area contributed by atoms with E-state index >= 15 is 0 Å². The summed E-state index contributed by atoms with van der Waals surface area (Å²) in [7, 11) is 0. The molecular formula is C23H26FN5O2S. The molecule has 7 nitrogen and oxygen atoms in total. The molecule has 0 spiro atoms. The second-order valence-electron chi connectivity index (χ2n) is 7.02. The fourth-order valence-electron chi connectivity index (χ4n) is 3.11. The summed E-state index contributed by atoms with van der Waals surface area (Å²) < 4.78 is 15.6. The van der Waals surface area contributed by atoms with E-state index in [1.807, 2.05) is 35.8 Å². The number of carbonyl (C=O) groups excluding carboxylic acids is 2. The van der Waals surface area contributed by atoms with Gasteiger partial charge in [-0.05, 0) is 43.2 Å². The smallest absolute Gasteiger partial charge is 0.254 e. The van der Waals surface area contributed by atoms with Gasteiger partial charge in [-0.15, -0.1) is 10.2 Å². The lowest BCUT2D eigenvalue weighted by Gasteiger charge is -2.09. The second-order valence-corrected chi connectivity index (χ2v) is 7.96. The van der Waals surface area contributed by atoms with Crippen LogP contribution >= 0.6 is 11.8 Å². The number of benzene rings is 2. The molecular weight excluding hydrogens is 429 g/mol. The zero-order valence-electron chi connectivity index (χ0n) is 18.1. The van der Waals surface area contributed by atoms with Crippen molar-refractivity contribution in [3.63, 3.8) is 0 Å². The molecule has 3 rings (SSSR count). The first-order chi connectivity index (χ1) is 15.5. The lowest BCUT2D eigenvalue weighted by Crippen LogP contribution is -2.27. The summed E-state index contributed by atoms with van der Waals surface area (Å²) in [5.41, 5.74) is 1.98. The molecule has 0 saturated heterocycles. The first-order valence-corrected chi connectivity index (χ1v) is 11.5. The SMILES string of the molecule is CCc1ccc(NC(=O)CSc2nnc(CCNC(=O)c3ccccc3F)n2CC)cc1. The van der Waals surface area contributed by atoms with Gasteiger partial charge in [0.15, 0.2) is 5.16 Å². The number of thioether (sulfide) groups is 1. The highest BCUT2D eigenvalue weighted by molar-refractivity contribution is 7.99. The van der Waals surface area contributed by atoms with Gasteiger partial charge < -0.3 is 15.2 Å². The summed E-state index contributed by atoms with van der Waals surface area (Å²) in [5, 5.41) is 14.6. The van der Waals surface area contributed by atoms with Crippen LogP contribution in [0.15, 0.2) is 53.7 Å². The highest BCUT2D eigenvalue weighted by atomic mass is 32.2. The van der Waals surface area contributed by atoms with Crippen LogP contribution in [0, 0.1) is 5.82 Å². The summed E-state index contributed by atoms with van der Waals surface area (Å²) in [5.74, 6) is -0.246. The van der Waals surface area contributed by atoms with Crippen molar-refractivity contribution in [3.05, 3.63) is 71.3 Å². The summed E-state index contributed by atoms with van der Waals surface area (Å²) in [6.07, 6.45) is 1.39. The molecule has 2 N–H and O–H groups in total. The largest absolute Gasteiger partial charge is 0.351 e. The number of aryl methyl sites for hydroxylation is 1. The Labute approximate surface area is 190 Å². The Bertz CT molecular complexity index is 1070. The topological polar surface area (TPSA) is 88.9 Å². The van der Waals surface area contributed by atoms with E-state index < -0.39 is 11.7 Å². The number of aromatic nitrogens is 3. The molecule has 0 bridgehead atoms. The molecule has 2 aromatic carbocycles. The molecule has 0 aliphatic rings. The number of halogens is 1. The van der Waals surface area contributed by atoms with E-state index in [1.54, 1.807) is 6.07 Å². The van der Waals surface area contributed by atoms with Crippen LogP contribution in [-0.4, -0.2) is 38.9 Å². The van der Waals surface area contributed by atoms with E-state index in [2.05, 4.69) is 27.8 Å². The van der Waals surface area contributed by atoms with Gasteiger partial charge in [0.25, 0.3) is 5.91 Å². The summed E-state index contributed by atoms with van der Waals surface area (Å²) in [4.78, 5) is 24.4. The number of carbonyl (C=O) groups is 2. The van der Waals surface area contributed by atoms with E-state index in [0.717, 1.165) is 12.1 Å². The zero-order chi connectivity index (χ0) is 22.9. The lowest BCUT2D eigenvalue weighted by atomic mass is 10.1. The first-order valence-electron chi connectivity index (χ1n) is 10.5. The van der Waals surface area contributed by atoms with E-state index in [0.29, 0.717) is 30.5 Å². The average molecular weight is 456 g/mol. The molecule has 168 valence electrons. The monoisotopic (exact) mass is 455 g/mol. The molecule has 1 aromatic heterocycles. The molecule has 0 atom stereocenters. The van der Waals surface area contributed by atoms with E-state index in [4.69, 9.17) is 0 Å². The van der Waals surface area contributed by atoms with E-state index in [-0.39, 0.29) is 17.2 Å². The van der Waals surface area contributed by atoms with Crippen LogP contribution in [0.2, 0.25) is 0 Å². The van der Waals surface area contributed by atoms with Crippen molar-refractivity contribution in [1.29, 1.82) is 0 Å². The number of anilines is 1. The molecule has 2 amide bonds. The molecule has 9 heteroatoms. The fraction of sp³-hybridized carbons (Fsp3) is 0.304. The summed E-state index contributed by atoms with van der Waals surface area (Å²) >= 11 is 1.31. The van der Waals surface area contributed by atoms with Gasteiger partial charge in [-0.2, -0.15) is 0 Å². The highest BCUT2D eigenvalue weighted by Crippen LogP contribution is 2.18. The van der Waals surface area contributed by atoms with Gasteiger partial charge in [-0.1, -0.05) is 43.0 Å². The highest BCUT2D eigenvalue weighted by Gasteiger charge is 2.15. The quantitative estimate of drug-likeness (QED) is 0.455. The van der Waals surface area contributed by atoms with E-state index in [9.17, 15) is 14.0 Å². The number of hydrogen-bond acceptors (Lipinski definition) is 5. The number of amides is 2. The minimum absolute atomic E-state index is 0.0102. The zero-order valence-corrected chi connectivity index (χ0v) is 18.9. The minimum atomic E-state index is -0.556. The number of nitrogens with one attached hydrogen (secondary N) is 2. The van der Waals surface area contributed by atoms with Crippen molar-refractivity contribution in [2.45, 2.75) is 38.4 Å². The van der Waals surface area contributed by atoms with Crippen molar-refractivity contribution in [2.24, 2.45) is 0 Å². The lowest BCUT2D eigenvalue weighted by molar-refractivity contribution is -0.113. The molecule has 0 unspecified atom stereocenters. The Kier molecular flexibility index (Phi) is 8.38. The van der Waals surface area contributed by atoms with Crippen LogP contribution in [-0.2, 0) is 24.2 Å². The third kappa shape index (κ3) is 6.16. The van der Waals surface area contributed by atoms with Crippen molar-refractivity contribution >= 4 is 29.3 Å². The van der Waals surface area contributed by atoms with Gasteiger partial charge in [0, 0.05) is 25.2 Å². The Hall–Kier alpha value is -3.20. The maximum absolute atomic E-state index is 13.7. The van der Waals surface area contributed by atoms with Crippen molar-refractivity contribution in [3.8, 4) is 0 Å². The van der Waals surface area contributed by atoms with Crippen molar-refractivity contribution < 1.29 is 14.0 Å². The number of hydrogen-bond donors (Lipinski definition) is 2.